The molecule has 0 saturated carbocycles. The summed E-state index contributed by atoms with van der Waals surface area (Å²) in [7, 11) is 0. The molecule has 1 aromatic carbocycles. The molecule has 0 fully saturated rings. The number of fused-ring (bicyclic) bond motifs is 2. The van der Waals surface area contributed by atoms with Gasteiger partial charge in [0.25, 0.3) is 5.91 Å². The Hall–Kier alpha value is -3.09. The van der Waals surface area contributed by atoms with Gasteiger partial charge in [-0.3, -0.25) is 4.79 Å². The summed E-state index contributed by atoms with van der Waals surface area (Å²) in [6, 6.07) is 8.89. The minimum atomic E-state index is -0.297. The molecule has 122 valence electrons. The zero-order valence-electron chi connectivity index (χ0n) is 13.4. The fourth-order valence-corrected chi connectivity index (χ4v) is 2.71. The molecule has 0 bridgehead atoms. The number of aryl methyl sites for hydroxylation is 2. The second-order valence-electron chi connectivity index (χ2n) is 5.65. The summed E-state index contributed by atoms with van der Waals surface area (Å²) in [6.07, 6.45) is 0. The molecule has 1 aliphatic rings. The Labute approximate surface area is 138 Å². The lowest BCUT2D eigenvalue weighted by molar-refractivity contribution is 0.102. The van der Waals surface area contributed by atoms with E-state index in [1.807, 2.05) is 19.9 Å². The summed E-state index contributed by atoms with van der Waals surface area (Å²) in [6.45, 7) is 4.87. The van der Waals surface area contributed by atoms with Crippen LogP contribution >= 0.6 is 0 Å². The van der Waals surface area contributed by atoms with Crippen LogP contribution in [0.5, 0.6) is 11.5 Å². The highest BCUT2D eigenvalue weighted by Gasteiger charge is 2.16. The molecule has 7 nitrogen and oxygen atoms in total. The molecule has 2 aromatic heterocycles. The van der Waals surface area contributed by atoms with E-state index in [1.54, 1.807) is 28.8 Å². The molecule has 1 aliphatic heterocycles. The topological polar surface area (TPSA) is 77.8 Å². The summed E-state index contributed by atoms with van der Waals surface area (Å²) >= 11 is 0. The average molecular weight is 324 g/mol. The number of rotatable bonds is 2. The molecule has 0 atom stereocenters. The van der Waals surface area contributed by atoms with Crippen LogP contribution in [0, 0.1) is 13.8 Å². The quantitative estimate of drug-likeness (QED) is 0.783. The van der Waals surface area contributed by atoms with E-state index >= 15 is 0 Å². The van der Waals surface area contributed by atoms with Crippen LogP contribution in [0.3, 0.4) is 0 Å². The summed E-state index contributed by atoms with van der Waals surface area (Å²) in [5.74, 6) is 1.01. The Morgan fingerprint density at radius 2 is 1.92 bits per heavy atom. The Balaban J connectivity index is 1.61. The lowest BCUT2D eigenvalue weighted by Gasteiger charge is -2.18. The zero-order valence-corrected chi connectivity index (χ0v) is 13.4. The Morgan fingerprint density at radius 1 is 1.12 bits per heavy atom. The van der Waals surface area contributed by atoms with Crippen LogP contribution < -0.4 is 14.8 Å². The fraction of sp³-hybridized carbons (Fsp3) is 0.235. The van der Waals surface area contributed by atoms with Gasteiger partial charge in [0, 0.05) is 29.2 Å². The first kappa shape index (κ1) is 14.5. The van der Waals surface area contributed by atoms with Crippen molar-refractivity contribution in [2.75, 3.05) is 18.5 Å². The highest BCUT2D eigenvalue weighted by molar-refractivity contribution is 6.03. The normalized spacial score (nSPS) is 13.1. The number of nitrogens with zero attached hydrogens (tertiary/aromatic N) is 3. The van der Waals surface area contributed by atoms with Gasteiger partial charge >= 0.3 is 0 Å². The molecule has 3 heterocycles. The van der Waals surface area contributed by atoms with Crippen LogP contribution in [0.4, 0.5) is 5.69 Å². The first-order valence-electron chi connectivity index (χ1n) is 7.65. The first-order valence-corrected chi connectivity index (χ1v) is 7.65. The van der Waals surface area contributed by atoms with Crippen LogP contribution in [0.1, 0.15) is 21.9 Å². The van der Waals surface area contributed by atoms with Crippen molar-refractivity contribution in [2.45, 2.75) is 13.8 Å². The van der Waals surface area contributed by atoms with Gasteiger partial charge in [0.2, 0.25) is 0 Å². The van der Waals surface area contributed by atoms with Gasteiger partial charge in [-0.1, -0.05) is 0 Å². The minimum absolute atomic E-state index is 0.297. The van der Waals surface area contributed by atoms with Crippen molar-refractivity contribution in [3.8, 4) is 11.5 Å². The van der Waals surface area contributed by atoms with Gasteiger partial charge in [0.15, 0.2) is 22.8 Å². The maximum absolute atomic E-state index is 12.5. The summed E-state index contributed by atoms with van der Waals surface area (Å²) in [5.41, 5.74) is 3.41. The number of benzene rings is 1. The standard InChI is InChI=1S/C17H16N4O3/c1-10-7-11(2)21-16(18-10)9-13(20-21)17(22)19-12-3-4-14-15(8-12)24-6-5-23-14/h3-4,7-9H,5-6H2,1-2H3,(H,19,22). The molecule has 4 rings (SSSR count). The van der Waals surface area contributed by atoms with Gasteiger partial charge in [0.05, 0.1) is 0 Å². The van der Waals surface area contributed by atoms with E-state index in [0.717, 1.165) is 11.4 Å². The number of amides is 1. The van der Waals surface area contributed by atoms with Crippen LogP contribution in [-0.2, 0) is 0 Å². The number of hydrogen-bond acceptors (Lipinski definition) is 5. The SMILES string of the molecule is Cc1cc(C)n2nc(C(=O)Nc3ccc4c(c3)OCCO4)cc2n1. The fourth-order valence-electron chi connectivity index (χ4n) is 2.71. The average Bonchev–Trinajstić information content (AvgIpc) is 2.99. The summed E-state index contributed by atoms with van der Waals surface area (Å²) in [5, 5.41) is 7.15. The number of aromatic nitrogens is 3. The van der Waals surface area contributed by atoms with Crippen molar-refractivity contribution in [3.05, 3.63) is 47.4 Å². The van der Waals surface area contributed by atoms with Gasteiger partial charge in [-0.2, -0.15) is 5.10 Å². The van der Waals surface area contributed by atoms with Crippen molar-refractivity contribution >= 4 is 17.2 Å². The molecule has 0 saturated heterocycles. The monoisotopic (exact) mass is 324 g/mol. The van der Waals surface area contributed by atoms with Crippen molar-refractivity contribution in [1.82, 2.24) is 14.6 Å². The summed E-state index contributed by atoms with van der Waals surface area (Å²) < 4.78 is 12.7. The van der Waals surface area contributed by atoms with Crippen molar-refractivity contribution < 1.29 is 14.3 Å². The predicted molar refractivity (Wildman–Crippen MR) is 87.8 cm³/mol. The minimum Gasteiger partial charge on any atom is -0.486 e. The zero-order chi connectivity index (χ0) is 16.7. The smallest absolute Gasteiger partial charge is 0.276 e. The molecule has 3 aromatic rings. The molecule has 0 aliphatic carbocycles. The van der Waals surface area contributed by atoms with Gasteiger partial charge in [-0.25, -0.2) is 9.50 Å². The number of carbonyl (C=O) groups is 1. The third-order valence-electron chi connectivity index (χ3n) is 3.77. The largest absolute Gasteiger partial charge is 0.486 e. The maximum Gasteiger partial charge on any atom is 0.276 e. The molecule has 0 unspecified atom stereocenters. The number of carbonyl (C=O) groups excluding carboxylic acids is 1. The van der Waals surface area contributed by atoms with Gasteiger partial charge in [0.1, 0.15) is 13.2 Å². The molecule has 0 radical (unpaired) electrons. The third kappa shape index (κ3) is 2.54. The van der Waals surface area contributed by atoms with Crippen LogP contribution in [-0.4, -0.2) is 33.7 Å². The van der Waals surface area contributed by atoms with Gasteiger partial charge in [-0.15, -0.1) is 0 Å². The van der Waals surface area contributed by atoms with E-state index in [1.165, 1.54) is 0 Å². The summed E-state index contributed by atoms with van der Waals surface area (Å²) in [4.78, 5) is 16.8. The molecule has 1 N–H and O–H groups in total. The van der Waals surface area contributed by atoms with E-state index in [9.17, 15) is 4.79 Å². The first-order chi connectivity index (χ1) is 11.6. The molecule has 0 spiro atoms. The van der Waals surface area contributed by atoms with Crippen molar-refractivity contribution in [1.29, 1.82) is 0 Å². The predicted octanol–water partition coefficient (Wildman–Crippen LogP) is 2.37. The van der Waals surface area contributed by atoms with Crippen molar-refractivity contribution in [2.24, 2.45) is 0 Å². The number of anilines is 1. The second-order valence-corrected chi connectivity index (χ2v) is 5.65. The Morgan fingerprint density at radius 3 is 2.75 bits per heavy atom. The number of hydrogen-bond donors (Lipinski definition) is 1. The van der Waals surface area contributed by atoms with Crippen LogP contribution in [0.25, 0.3) is 5.65 Å². The van der Waals surface area contributed by atoms with E-state index in [-0.39, 0.29) is 5.91 Å². The Kier molecular flexibility index (Phi) is 3.34. The highest BCUT2D eigenvalue weighted by atomic mass is 16.6. The maximum atomic E-state index is 12.5. The van der Waals surface area contributed by atoms with Crippen molar-refractivity contribution in [3.63, 3.8) is 0 Å². The van der Waals surface area contributed by atoms with E-state index in [4.69, 9.17) is 9.47 Å². The van der Waals surface area contributed by atoms with Gasteiger partial charge < -0.3 is 14.8 Å². The van der Waals surface area contributed by atoms with E-state index in [2.05, 4.69) is 15.4 Å². The lowest BCUT2D eigenvalue weighted by Crippen LogP contribution is -2.16. The van der Waals surface area contributed by atoms with Crippen LogP contribution in [0.15, 0.2) is 30.3 Å². The molecule has 1 amide bonds. The Bertz CT molecular complexity index is 948. The second kappa shape index (κ2) is 5.52. The van der Waals surface area contributed by atoms with E-state index in [0.29, 0.717) is 41.7 Å². The third-order valence-corrected chi connectivity index (χ3v) is 3.77. The highest BCUT2D eigenvalue weighted by Crippen LogP contribution is 2.32. The van der Waals surface area contributed by atoms with E-state index < -0.39 is 0 Å². The van der Waals surface area contributed by atoms with Crippen LogP contribution in [0.2, 0.25) is 0 Å². The number of ether oxygens (including phenoxy) is 2. The lowest BCUT2D eigenvalue weighted by atomic mass is 10.2. The molecule has 7 heteroatoms. The molecule has 24 heavy (non-hydrogen) atoms. The number of nitrogens with one attached hydrogen (secondary N) is 1. The molecular weight excluding hydrogens is 308 g/mol. The molecular formula is C17H16N4O3. The van der Waals surface area contributed by atoms with Gasteiger partial charge in [-0.05, 0) is 32.0 Å².